The SMILES string of the molecule is N=NN=NCc1ccccc1OCc1ccc(Cl)cc1. The fourth-order valence-corrected chi connectivity index (χ4v) is 1.78. The monoisotopic (exact) mass is 288 g/mol. The summed E-state index contributed by atoms with van der Waals surface area (Å²) in [5.41, 5.74) is 8.49. The van der Waals surface area contributed by atoms with Crippen molar-refractivity contribution in [1.29, 1.82) is 5.53 Å². The lowest BCUT2D eigenvalue weighted by atomic mass is 10.2. The van der Waals surface area contributed by atoms with Gasteiger partial charge in [-0.1, -0.05) is 41.9 Å². The number of hydrogen-bond donors (Lipinski definition) is 1. The molecule has 0 amide bonds. The Kier molecular flexibility index (Phi) is 5.20. The Morgan fingerprint density at radius 3 is 2.55 bits per heavy atom. The molecule has 2 rings (SSSR count). The Labute approximate surface area is 121 Å². The lowest BCUT2D eigenvalue weighted by Gasteiger charge is -2.09. The fourth-order valence-electron chi connectivity index (χ4n) is 1.66. The third kappa shape index (κ3) is 4.13. The van der Waals surface area contributed by atoms with Crippen LogP contribution in [0.25, 0.3) is 0 Å². The van der Waals surface area contributed by atoms with Crippen LogP contribution in [-0.4, -0.2) is 0 Å². The summed E-state index contributed by atoms with van der Waals surface area (Å²) in [7, 11) is 0. The highest BCUT2D eigenvalue weighted by molar-refractivity contribution is 6.30. The first-order chi connectivity index (χ1) is 9.79. The minimum atomic E-state index is 0.333. The van der Waals surface area contributed by atoms with Gasteiger partial charge in [-0.15, -0.1) is 0 Å². The molecule has 0 aromatic heterocycles. The van der Waals surface area contributed by atoms with Crippen LogP contribution in [0, 0.1) is 5.53 Å². The zero-order valence-corrected chi connectivity index (χ0v) is 11.4. The maximum absolute atomic E-state index is 6.56. The summed E-state index contributed by atoms with van der Waals surface area (Å²) >= 11 is 5.84. The van der Waals surface area contributed by atoms with Crippen molar-refractivity contribution in [3.63, 3.8) is 0 Å². The summed E-state index contributed by atoms with van der Waals surface area (Å²) in [5.74, 6) is 0.742. The molecule has 20 heavy (non-hydrogen) atoms. The molecule has 1 N–H and O–H groups in total. The van der Waals surface area contributed by atoms with E-state index in [0.717, 1.165) is 16.9 Å². The molecule has 0 aliphatic rings. The highest BCUT2D eigenvalue weighted by atomic mass is 35.5. The van der Waals surface area contributed by atoms with Gasteiger partial charge < -0.3 is 4.74 Å². The second-order valence-electron chi connectivity index (χ2n) is 4.01. The van der Waals surface area contributed by atoms with Crippen molar-refractivity contribution >= 4 is 11.6 Å². The van der Waals surface area contributed by atoms with Crippen LogP contribution in [0.1, 0.15) is 11.1 Å². The van der Waals surface area contributed by atoms with Crippen LogP contribution in [0.2, 0.25) is 5.02 Å². The minimum Gasteiger partial charge on any atom is -0.489 e. The summed E-state index contributed by atoms with van der Waals surface area (Å²) in [4.78, 5) is 0. The maximum Gasteiger partial charge on any atom is 0.124 e. The predicted molar refractivity (Wildman–Crippen MR) is 75.9 cm³/mol. The van der Waals surface area contributed by atoms with E-state index in [0.29, 0.717) is 18.2 Å². The molecule has 2 aromatic rings. The standard InChI is InChI=1S/C14H13ClN4O/c15-13-7-5-11(6-8-13)10-20-14-4-2-1-3-12(14)9-17-19-18-16/h1-8,16H,9-10H2. The van der Waals surface area contributed by atoms with E-state index in [2.05, 4.69) is 15.6 Å². The van der Waals surface area contributed by atoms with Gasteiger partial charge in [0.25, 0.3) is 0 Å². The van der Waals surface area contributed by atoms with Crippen LogP contribution in [0.3, 0.4) is 0 Å². The first-order valence-electron chi connectivity index (χ1n) is 5.98. The van der Waals surface area contributed by atoms with Gasteiger partial charge in [0.2, 0.25) is 0 Å². The molecule has 0 fully saturated rings. The lowest BCUT2D eigenvalue weighted by Crippen LogP contribution is -1.98. The van der Waals surface area contributed by atoms with E-state index in [4.69, 9.17) is 21.9 Å². The van der Waals surface area contributed by atoms with Crippen molar-refractivity contribution in [2.24, 2.45) is 15.6 Å². The average molecular weight is 289 g/mol. The lowest BCUT2D eigenvalue weighted by molar-refractivity contribution is 0.303. The number of rotatable bonds is 6. The molecule has 102 valence electrons. The van der Waals surface area contributed by atoms with E-state index in [1.54, 1.807) is 0 Å². The van der Waals surface area contributed by atoms with E-state index in [1.807, 2.05) is 48.5 Å². The number of ether oxygens (including phenoxy) is 1. The summed E-state index contributed by atoms with van der Waals surface area (Å²) in [6.45, 7) is 0.785. The topological polar surface area (TPSA) is 70.2 Å². The van der Waals surface area contributed by atoms with Crippen LogP contribution in [-0.2, 0) is 13.2 Å². The Morgan fingerprint density at radius 1 is 1.05 bits per heavy atom. The molecule has 5 nitrogen and oxygen atoms in total. The molecule has 0 heterocycles. The minimum absolute atomic E-state index is 0.333. The van der Waals surface area contributed by atoms with Gasteiger partial charge in [-0.05, 0) is 34.2 Å². The molecule has 6 heteroatoms. The molecule has 0 aliphatic heterocycles. The zero-order chi connectivity index (χ0) is 14.2. The third-order valence-electron chi connectivity index (χ3n) is 2.63. The van der Waals surface area contributed by atoms with Crippen molar-refractivity contribution in [1.82, 2.24) is 0 Å². The number of para-hydroxylation sites is 1. The molecular formula is C14H13ClN4O. The zero-order valence-electron chi connectivity index (χ0n) is 10.7. The summed E-state index contributed by atoms with van der Waals surface area (Å²) < 4.78 is 5.77. The number of nitrogens with zero attached hydrogens (tertiary/aromatic N) is 3. The van der Waals surface area contributed by atoms with Crippen molar-refractivity contribution in [3.05, 3.63) is 64.7 Å². The average Bonchev–Trinajstić information content (AvgIpc) is 2.48. The van der Waals surface area contributed by atoms with E-state index in [1.165, 1.54) is 0 Å². The second-order valence-corrected chi connectivity index (χ2v) is 4.45. The van der Waals surface area contributed by atoms with Crippen LogP contribution < -0.4 is 4.74 Å². The quantitative estimate of drug-likeness (QED) is 0.601. The Morgan fingerprint density at radius 2 is 1.80 bits per heavy atom. The van der Waals surface area contributed by atoms with Crippen molar-refractivity contribution in [2.75, 3.05) is 0 Å². The Bertz CT molecular complexity index is 598. The molecule has 0 bridgehead atoms. The first-order valence-corrected chi connectivity index (χ1v) is 6.36. The van der Waals surface area contributed by atoms with Crippen molar-refractivity contribution in [3.8, 4) is 5.75 Å². The van der Waals surface area contributed by atoms with Gasteiger partial charge in [-0.3, -0.25) is 0 Å². The number of hydrogen-bond acceptors (Lipinski definition) is 3. The van der Waals surface area contributed by atoms with Gasteiger partial charge in [0.05, 0.1) is 6.54 Å². The molecule has 0 saturated heterocycles. The molecule has 0 atom stereocenters. The molecule has 0 radical (unpaired) electrons. The smallest absolute Gasteiger partial charge is 0.124 e. The number of nitrogens with one attached hydrogen (secondary N) is 1. The van der Waals surface area contributed by atoms with Crippen LogP contribution in [0.5, 0.6) is 5.75 Å². The van der Waals surface area contributed by atoms with Crippen LogP contribution in [0.4, 0.5) is 0 Å². The predicted octanol–water partition coefficient (Wildman–Crippen LogP) is 4.82. The third-order valence-corrected chi connectivity index (χ3v) is 2.88. The first kappa shape index (κ1) is 14.1. The largest absolute Gasteiger partial charge is 0.489 e. The Balaban J connectivity index is 2.03. The van der Waals surface area contributed by atoms with Crippen molar-refractivity contribution in [2.45, 2.75) is 13.2 Å². The molecule has 2 aromatic carbocycles. The molecular weight excluding hydrogens is 276 g/mol. The van der Waals surface area contributed by atoms with Crippen LogP contribution in [0.15, 0.2) is 64.1 Å². The van der Waals surface area contributed by atoms with E-state index < -0.39 is 0 Å². The highest BCUT2D eigenvalue weighted by Crippen LogP contribution is 2.20. The molecule has 0 aliphatic carbocycles. The van der Waals surface area contributed by atoms with Gasteiger partial charge >= 0.3 is 0 Å². The van der Waals surface area contributed by atoms with Gasteiger partial charge in [0.15, 0.2) is 0 Å². The second kappa shape index (κ2) is 7.35. The Hall–Kier alpha value is -2.27. The van der Waals surface area contributed by atoms with E-state index in [-0.39, 0.29) is 0 Å². The highest BCUT2D eigenvalue weighted by Gasteiger charge is 2.03. The van der Waals surface area contributed by atoms with E-state index in [9.17, 15) is 0 Å². The van der Waals surface area contributed by atoms with Gasteiger partial charge in [0, 0.05) is 10.6 Å². The van der Waals surface area contributed by atoms with Gasteiger partial charge in [0.1, 0.15) is 12.4 Å². The van der Waals surface area contributed by atoms with Crippen molar-refractivity contribution < 1.29 is 4.74 Å². The molecule has 0 spiro atoms. The summed E-state index contributed by atoms with van der Waals surface area (Å²) in [5, 5.41) is 10.6. The van der Waals surface area contributed by atoms with E-state index >= 15 is 0 Å². The van der Waals surface area contributed by atoms with Gasteiger partial charge in [-0.25, -0.2) is 0 Å². The summed E-state index contributed by atoms with van der Waals surface area (Å²) in [6.07, 6.45) is 0. The van der Waals surface area contributed by atoms with Gasteiger partial charge in [-0.2, -0.15) is 10.6 Å². The normalized spacial score (nSPS) is 10.7. The number of halogens is 1. The number of benzene rings is 2. The maximum atomic E-state index is 6.56. The fraction of sp³-hybridized carbons (Fsp3) is 0.143. The summed E-state index contributed by atoms with van der Waals surface area (Å²) in [6, 6.07) is 15.1. The van der Waals surface area contributed by atoms with Crippen LogP contribution >= 0.6 is 11.6 Å². The molecule has 0 unspecified atom stereocenters. The molecule has 0 saturated carbocycles.